The smallest absolute Gasteiger partial charge is 0.259 e. The Kier molecular flexibility index (Phi) is 4.24. The first-order valence-electron chi connectivity index (χ1n) is 8.77. The molecule has 0 aliphatic rings. The summed E-state index contributed by atoms with van der Waals surface area (Å²) < 4.78 is 16.9. The second-order valence-electron chi connectivity index (χ2n) is 6.36. The largest absolute Gasteiger partial charge is 0.348 e. The Balaban J connectivity index is 1.59. The number of benzene rings is 2. The number of anilines is 1. The molecule has 6 heteroatoms. The van der Waals surface area contributed by atoms with Gasteiger partial charge in [0.1, 0.15) is 5.82 Å². The molecule has 0 aliphatic carbocycles. The van der Waals surface area contributed by atoms with E-state index >= 15 is 0 Å². The molecule has 0 saturated carbocycles. The maximum atomic E-state index is 13.1. The molecule has 0 aliphatic heterocycles. The Morgan fingerprint density at radius 3 is 2.67 bits per heavy atom. The molecular formula is C21H19FN4O. The quantitative estimate of drug-likeness (QED) is 0.579. The van der Waals surface area contributed by atoms with E-state index in [9.17, 15) is 9.18 Å². The third-order valence-electron chi connectivity index (χ3n) is 4.70. The summed E-state index contributed by atoms with van der Waals surface area (Å²) >= 11 is 0. The van der Waals surface area contributed by atoms with Crippen LogP contribution in [-0.4, -0.2) is 20.3 Å². The molecule has 0 bridgehead atoms. The van der Waals surface area contributed by atoms with Gasteiger partial charge < -0.3 is 9.88 Å². The maximum Gasteiger partial charge on any atom is 0.259 e. The lowest BCUT2D eigenvalue weighted by molar-refractivity contribution is 0.102. The summed E-state index contributed by atoms with van der Waals surface area (Å²) in [4.78, 5) is 12.7. The van der Waals surface area contributed by atoms with Crippen molar-refractivity contribution >= 4 is 22.5 Å². The van der Waals surface area contributed by atoms with Gasteiger partial charge in [0, 0.05) is 29.3 Å². The van der Waals surface area contributed by atoms with Crippen LogP contribution in [-0.2, 0) is 6.54 Å². The van der Waals surface area contributed by atoms with E-state index in [1.807, 2.05) is 37.4 Å². The van der Waals surface area contributed by atoms with E-state index in [1.54, 1.807) is 16.8 Å². The van der Waals surface area contributed by atoms with E-state index < -0.39 is 0 Å². The number of aromatic nitrogens is 3. The van der Waals surface area contributed by atoms with Gasteiger partial charge in [-0.05, 0) is 62.4 Å². The lowest BCUT2D eigenvalue weighted by atomic mass is 10.2. The highest BCUT2D eigenvalue weighted by Crippen LogP contribution is 2.22. The van der Waals surface area contributed by atoms with Crippen LogP contribution in [0, 0.1) is 12.7 Å². The van der Waals surface area contributed by atoms with Crippen LogP contribution in [0.2, 0.25) is 0 Å². The van der Waals surface area contributed by atoms with Crippen molar-refractivity contribution < 1.29 is 9.18 Å². The van der Waals surface area contributed by atoms with Crippen LogP contribution in [0.5, 0.6) is 0 Å². The number of aryl methyl sites for hydroxylation is 1. The maximum absolute atomic E-state index is 13.1. The summed E-state index contributed by atoms with van der Waals surface area (Å²) in [7, 11) is 0. The zero-order valence-electron chi connectivity index (χ0n) is 15.1. The zero-order valence-corrected chi connectivity index (χ0v) is 15.1. The topological polar surface area (TPSA) is 51.9 Å². The molecule has 4 rings (SSSR count). The molecule has 1 N–H and O–H groups in total. The van der Waals surface area contributed by atoms with Crippen molar-refractivity contribution in [1.82, 2.24) is 14.3 Å². The van der Waals surface area contributed by atoms with Gasteiger partial charge in [-0.25, -0.2) is 9.07 Å². The first kappa shape index (κ1) is 17.0. The minimum absolute atomic E-state index is 0.227. The van der Waals surface area contributed by atoms with Crippen LogP contribution in [0.1, 0.15) is 23.0 Å². The summed E-state index contributed by atoms with van der Waals surface area (Å²) in [5, 5.41) is 8.28. The van der Waals surface area contributed by atoms with E-state index in [2.05, 4.69) is 21.9 Å². The van der Waals surface area contributed by atoms with E-state index in [0.29, 0.717) is 16.9 Å². The Morgan fingerprint density at radius 2 is 1.93 bits per heavy atom. The van der Waals surface area contributed by atoms with Crippen molar-refractivity contribution in [3.63, 3.8) is 0 Å². The highest BCUT2D eigenvalue weighted by atomic mass is 19.1. The molecule has 136 valence electrons. The number of fused-ring (bicyclic) bond motifs is 1. The number of hydrogen-bond donors (Lipinski definition) is 1. The molecule has 0 atom stereocenters. The summed E-state index contributed by atoms with van der Waals surface area (Å²) in [5.41, 5.74) is 3.74. The van der Waals surface area contributed by atoms with Crippen molar-refractivity contribution in [2.75, 3.05) is 5.32 Å². The Bertz CT molecular complexity index is 1130. The highest BCUT2D eigenvalue weighted by Gasteiger charge is 2.16. The minimum atomic E-state index is -0.311. The third kappa shape index (κ3) is 3.10. The summed E-state index contributed by atoms with van der Waals surface area (Å²) in [6.07, 6.45) is 3.56. The molecule has 4 aromatic rings. The van der Waals surface area contributed by atoms with E-state index in [-0.39, 0.29) is 11.7 Å². The number of nitrogens with one attached hydrogen (secondary N) is 1. The monoisotopic (exact) mass is 362 g/mol. The first-order valence-corrected chi connectivity index (χ1v) is 8.77. The van der Waals surface area contributed by atoms with Crippen LogP contribution in [0.25, 0.3) is 16.6 Å². The van der Waals surface area contributed by atoms with Crippen LogP contribution in [0.3, 0.4) is 0 Å². The van der Waals surface area contributed by atoms with Crippen molar-refractivity contribution in [1.29, 1.82) is 0 Å². The van der Waals surface area contributed by atoms with E-state index in [4.69, 9.17) is 0 Å². The number of nitrogens with zero attached hydrogens (tertiary/aromatic N) is 3. The van der Waals surface area contributed by atoms with Gasteiger partial charge in [0.15, 0.2) is 0 Å². The Morgan fingerprint density at radius 1 is 1.15 bits per heavy atom. The summed E-state index contributed by atoms with van der Waals surface area (Å²) in [6, 6.07) is 13.9. The predicted molar refractivity (Wildman–Crippen MR) is 104 cm³/mol. The van der Waals surface area contributed by atoms with Crippen LogP contribution < -0.4 is 5.32 Å². The van der Waals surface area contributed by atoms with Crippen LogP contribution in [0.15, 0.2) is 60.9 Å². The predicted octanol–water partition coefficient (Wildman–Crippen LogP) is 4.55. The summed E-state index contributed by atoms with van der Waals surface area (Å²) in [6.45, 7) is 4.81. The first-order chi connectivity index (χ1) is 13.1. The standard InChI is InChI=1S/C21H19FN4O/c1-3-25-11-10-15-12-17(6-9-20(15)25)24-21(27)19-13-23-26(14(19)2)18-7-4-16(22)5-8-18/h4-13H,3H2,1-2H3,(H,24,27). The summed E-state index contributed by atoms with van der Waals surface area (Å²) in [5.74, 6) is -0.538. The number of amides is 1. The highest BCUT2D eigenvalue weighted by molar-refractivity contribution is 6.05. The average Bonchev–Trinajstić information content (AvgIpc) is 3.25. The van der Waals surface area contributed by atoms with Gasteiger partial charge in [0.05, 0.1) is 23.1 Å². The number of halogens is 1. The average molecular weight is 362 g/mol. The fraction of sp³-hybridized carbons (Fsp3) is 0.143. The zero-order chi connectivity index (χ0) is 19.0. The minimum Gasteiger partial charge on any atom is -0.348 e. The normalized spacial score (nSPS) is 11.1. The molecule has 2 aromatic carbocycles. The van der Waals surface area contributed by atoms with Gasteiger partial charge >= 0.3 is 0 Å². The van der Waals surface area contributed by atoms with Gasteiger partial charge in [-0.15, -0.1) is 0 Å². The molecule has 0 fully saturated rings. The van der Waals surface area contributed by atoms with Gasteiger partial charge in [0.2, 0.25) is 0 Å². The molecule has 27 heavy (non-hydrogen) atoms. The number of rotatable bonds is 4. The van der Waals surface area contributed by atoms with Crippen molar-refractivity contribution in [3.05, 3.63) is 78.0 Å². The van der Waals surface area contributed by atoms with Crippen LogP contribution >= 0.6 is 0 Å². The number of carbonyl (C=O) groups excluding carboxylic acids is 1. The molecule has 1 amide bonds. The molecule has 5 nitrogen and oxygen atoms in total. The molecule has 2 heterocycles. The fourth-order valence-corrected chi connectivity index (χ4v) is 3.23. The third-order valence-corrected chi connectivity index (χ3v) is 4.70. The second kappa shape index (κ2) is 6.72. The Labute approximate surface area is 156 Å². The molecule has 0 spiro atoms. The molecule has 2 aromatic heterocycles. The van der Waals surface area contributed by atoms with E-state index in [0.717, 1.165) is 23.1 Å². The second-order valence-corrected chi connectivity index (χ2v) is 6.36. The van der Waals surface area contributed by atoms with Crippen molar-refractivity contribution in [3.8, 4) is 5.69 Å². The van der Waals surface area contributed by atoms with Gasteiger partial charge in [0.25, 0.3) is 5.91 Å². The fourth-order valence-electron chi connectivity index (χ4n) is 3.23. The Hall–Kier alpha value is -3.41. The van der Waals surface area contributed by atoms with Crippen molar-refractivity contribution in [2.45, 2.75) is 20.4 Å². The van der Waals surface area contributed by atoms with Crippen LogP contribution in [0.4, 0.5) is 10.1 Å². The molecule has 0 radical (unpaired) electrons. The van der Waals surface area contributed by atoms with E-state index in [1.165, 1.54) is 18.3 Å². The lowest BCUT2D eigenvalue weighted by Gasteiger charge is -2.07. The molecule has 0 saturated heterocycles. The molecule has 0 unspecified atom stereocenters. The molecular weight excluding hydrogens is 343 g/mol. The van der Waals surface area contributed by atoms with Gasteiger partial charge in [-0.3, -0.25) is 4.79 Å². The van der Waals surface area contributed by atoms with Crippen molar-refractivity contribution in [2.24, 2.45) is 0 Å². The SMILES string of the molecule is CCn1ccc2cc(NC(=O)c3cnn(-c4ccc(F)cc4)c3C)ccc21. The van der Waals surface area contributed by atoms with Gasteiger partial charge in [-0.1, -0.05) is 0 Å². The van der Waals surface area contributed by atoms with Gasteiger partial charge in [-0.2, -0.15) is 5.10 Å². The lowest BCUT2D eigenvalue weighted by Crippen LogP contribution is -2.13. The number of hydrogen-bond acceptors (Lipinski definition) is 2. The number of carbonyl (C=O) groups is 1.